The van der Waals surface area contributed by atoms with E-state index in [2.05, 4.69) is 20.1 Å². The molecule has 0 saturated carbocycles. The van der Waals surface area contributed by atoms with Gasteiger partial charge in [-0.15, -0.1) is 24.0 Å². The van der Waals surface area contributed by atoms with Crippen molar-refractivity contribution in [1.82, 2.24) is 10.2 Å². The Hall–Kier alpha value is -1.23. The van der Waals surface area contributed by atoms with E-state index in [9.17, 15) is 13.5 Å². The summed E-state index contributed by atoms with van der Waals surface area (Å²) in [6.07, 6.45) is 0. The molecule has 0 unspecified atom stereocenters. The highest BCUT2D eigenvalue weighted by Crippen LogP contribution is 2.27. The third-order valence-electron chi connectivity index (χ3n) is 4.24. The van der Waals surface area contributed by atoms with E-state index in [0.717, 1.165) is 44.4 Å². The summed E-state index contributed by atoms with van der Waals surface area (Å²) in [7, 11) is -3.00. The van der Waals surface area contributed by atoms with Crippen LogP contribution in [0.5, 0.6) is 5.75 Å². The van der Waals surface area contributed by atoms with E-state index in [0.29, 0.717) is 5.75 Å². The van der Waals surface area contributed by atoms with Crippen molar-refractivity contribution in [1.29, 1.82) is 0 Å². The number of aromatic hydroxyl groups is 1. The first-order chi connectivity index (χ1) is 12.0. The zero-order valence-corrected chi connectivity index (χ0v) is 18.5. The summed E-state index contributed by atoms with van der Waals surface area (Å²) in [6.45, 7) is 7.74. The molecule has 1 saturated heterocycles. The highest BCUT2D eigenvalue weighted by Gasteiger charge is 2.21. The van der Waals surface area contributed by atoms with Crippen molar-refractivity contribution < 1.29 is 13.5 Å². The number of halogens is 1. The summed E-state index contributed by atoms with van der Waals surface area (Å²) < 4.78 is 23.2. The van der Waals surface area contributed by atoms with E-state index >= 15 is 0 Å². The second-order valence-electron chi connectivity index (χ2n) is 5.93. The minimum Gasteiger partial charge on any atom is -0.506 e. The molecule has 2 N–H and O–H groups in total. The summed E-state index contributed by atoms with van der Waals surface area (Å²) in [6, 6.07) is 7.35. The zero-order valence-electron chi connectivity index (χ0n) is 15.4. The van der Waals surface area contributed by atoms with Gasteiger partial charge in [-0.05, 0) is 19.1 Å². The van der Waals surface area contributed by atoms with Crippen LogP contribution >= 0.6 is 24.0 Å². The van der Waals surface area contributed by atoms with Crippen molar-refractivity contribution in [2.24, 2.45) is 4.99 Å². The molecule has 1 aromatic rings. The number of piperazine rings is 1. The van der Waals surface area contributed by atoms with Gasteiger partial charge >= 0.3 is 0 Å². The van der Waals surface area contributed by atoms with Crippen LogP contribution in [0.4, 0.5) is 5.69 Å². The molecular weight excluding hydrogens is 467 g/mol. The number of nitrogens with one attached hydrogen (secondary N) is 1. The number of guanidine groups is 1. The van der Waals surface area contributed by atoms with Crippen LogP contribution in [-0.2, 0) is 9.84 Å². The van der Waals surface area contributed by atoms with Crippen LogP contribution < -0.4 is 10.2 Å². The van der Waals surface area contributed by atoms with E-state index in [1.165, 1.54) is 0 Å². The SMILES string of the molecule is CCNC(=NCCS(=O)(=O)CC)N1CCN(c2ccccc2O)CC1.I. The molecule has 26 heavy (non-hydrogen) atoms. The number of sulfone groups is 1. The molecule has 1 aliphatic rings. The van der Waals surface area contributed by atoms with Gasteiger partial charge in [-0.25, -0.2) is 8.42 Å². The van der Waals surface area contributed by atoms with Gasteiger partial charge in [-0.2, -0.15) is 0 Å². The largest absolute Gasteiger partial charge is 0.506 e. The first-order valence-corrected chi connectivity index (χ1v) is 10.6. The standard InChI is InChI=1S/C17H28N4O3S.HI/c1-3-18-17(19-9-14-25(23,24)4-2)21-12-10-20(11-13-21)15-7-5-6-8-16(15)22;/h5-8,22H,3-4,9-14H2,1-2H3,(H,18,19);1H. The molecule has 148 valence electrons. The molecule has 1 fully saturated rings. The van der Waals surface area contributed by atoms with Crippen molar-refractivity contribution in [2.75, 3.05) is 55.7 Å². The van der Waals surface area contributed by atoms with E-state index in [1.807, 2.05) is 25.1 Å². The molecular formula is C17H29IN4O3S. The lowest BCUT2D eigenvalue weighted by molar-refractivity contribution is 0.370. The van der Waals surface area contributed by atoms with Crippen molar-refractivity contribution in [3.63, 3.8) is 0 Å². The second-order valence-corrected chi connectivity index (χ2v) is 8.41. The fraction of sp³-hybridized carbons (Fsp3) is 0.588. The molecule has 0 aliphatic carbocycles. The van der Waals surface area contributed by atoms with Gasteiger partial charge in [0.2, 0.25) is 0 Å². The van der Waals surface area contributed by atoms with Gasteiger partial charge < -0.3 is 20.2 Å². The Bertz CT molecular complexity index is 689. The number of hydrogen-bond acceptors (Lipinski definition) is 5. The molecule has 1 aliphatic heterocycles. The number of hydrogen-bond donors (Lipinski definition) is 2. The third-order valence-corrected chi connectivity index (χ3v) is 5.92. The Morgan fingerprint density at radius 2 is 1.85 bits per heavy atom. The van der Waals surface area contributed by atoms with Crippen molar-refractivity contribution in [3.8, 4) is 5.75 Å². The lowest BCUT2D eigenvalue weighted by atomic mass is 10.2. The Kier molecular flexibility index (Phi) is 9.48. The Morgan fingerprint density at radius 3 is 2.42 bits per heavy atom. The van der Waals surface area contributed by atoms with E-state index in [-0.39, 0.29) is 42.0 Å². The molecule has 0 amide bonds. The van der Waals surface area contributed by atoms with Gasteiger partial charge in [-0.1, -0.05) is 19.1 Å². The Morgan fingerprint density at radius 1 is 1.19 bits per heavy atom. The van der Waals surface area contributed by atoms with Gasteiger partial charge in [0.1, 0.15) is 5.75 Å². The molecule has 0 radical (unpaired) electrons. The van der Waals surface area contributed by atoms with Gasteiger partial charge in [0.15, 0.2) is 15.8 Å². The molecule has 9 heteroatoms. The Labute approximate surface area is 173 Å². The summed E-state index contributed by atoms with van der Waals surface area (Å²) in [4.78, 5) is 8.76. The van der Waals surface area contributed by atoms with Gasteiger partial charge in [-0.3, -0.25) is 4.99 Å². The van der Waals surface area contributed by atoms with Crippen LogP contribution in [0.2, 0.25) is 0 Å². The van der Waals surface area contributed by atoms with Crippen LogP contribution in [0.15, 0.2) is 29.3 Å². The minimum absolute atomic E-state index is 0. The van der Waals surface area contributed by atoms with Crippen LogP contribution in [0.25, 0.3) is 0 Å². The summed E-state index contributed by atoms with van der Waals surface area (Å²) >= 11 is 0. The number of nitrogens with zero attached hydrogens (tertiary/aromatic N) is 3. The topological polar surface area (TPSA) is 85.2 Å². The second kappa shape index (κ2) is 10.8. The number of aliphatic imine (C=N–C) groups is 1. The predicted octanol–water partition coefficient (Wildman–Crippen LogP) is 1.53. The average Bonchev–Trinajstić information content (AvgIpc) is 2.62. The zero-order chi connectivity index (χ0) is 18.3. The van der Waals surface area contributed by atoms with Crippen molar-refractivity contribution in [2.45, 2.75) is 13.8 Å². The lowest BCUT2D eigenvalue weighted by Crippen LogP contribution is -2.52. The monoisotopic (exact) mass is 496 g/mol. The van der Waals surface area contributed by atoms with Crippen LogP contribution in [0, 0.1) is 0 Å². The highest BCUT2D eigenvalue weighted by molar-refractivity contribution is 14.0. The molecule has 0 bridgehead atoms. The smallest absolute Gasteiger partial charge is 0.194 e. The molecule has 1 aromatic carbocycles. The Balaban J connectivity index is 0.00000338. The number of rotatable bonds is 6. The number of benzene rings is 1. The third kappa shape index (κ3) is 6.49. The molecule has 0 spiro atoms. The first-order valence-electron chi connectivity index (χ1n) is 8.73. The average molecular weight is 496 g/mol. The van der Waals surface area contributed by atoms with E-state index in [4.69, 9.17) is 0 Å². The number of phenolic OH excluding ortho intramolecular Hbond substituents is 1. The quantitative estimate of drug-likeness (QED) is 0.353. The van der Waals surface area contributed by atoms with Gasteiger partial charge in [0.25, 0.3) is 0 Å². The summed E-state index contributed by atoms with van der Waals surface area (Å²) in [5.41, 5.74) is 0.845. The number of phenols is 1. The van der Waals surface area contributed by atoms with Crippen LogP contribution in [0.3, 0.4) is 0 Å². The lowest BCUT2D eigenvalue weighted by Gasteiger charge is -2.37. The minimum atomic E-state index is -3.00. The van der Waals surface area contributed by atoms with Crippen molar-refractivity contribution >= 4 is 45.5 Å². The molecule has 0 atom stereocenters. The first kappa shape index (κ1) is 22.8. The highest BCUT2D eigenvalue weighted by atomic mass is 127. The van der Waals surface area contributed by atoms with Gasteiger partial charge in [0.05, 0.1) is 18.0 Å². The van der Waals surface area contributed by atoms with E-state index in [1.54, 1.807) is 13.0 Å². The fourth-order valence-corrected chi connectivity index (χ4v) is 3.41. The predicted molar refractivity (Wildman–Crippen MR) is 118 cm³/mol. The summed E-state index contributed by atoms with van der Waals surface area (Å²) in [5, 5.41) is 13.2. The maximum atomic E-state index is 11.6. The van der Waals surface area contributed by atoms with Crippen LogP contribution in [0.1, 0.15) is 13.8 Å². The molecule has 1 heterocycles. The van der Waals surface area contributed by atoms with Gasteiger partial charge in [0, 0.05) is 38.5 Å². The molecule has 0 aromatic heterocycles. The fourth-order valence-electron chi connectivity index (χ4n) is 2.75. The number of anilines is 1. The van der Waals surface area contributed by atoms with E-state index < -0.39 is 9.84 Å². The molecule has 7 nitrogen and oxygen atoms in total. The van der Waals surface area contributed by atoms with Crippen molar-refractivity contribution in [3.05, 3.63) is 24.3 Å². The van der Waals surface area contributed by atoms with Crippen LogP contribution in [-0.4, -0.2) is 75.2 Å². The number of para-hydroxylation sites is 2. The normalized spacial score (nSPS) is 15.5. The maximum absolute atomic E-state index is 11.6. The molecule has 2 rings (SSSR count). The summed E-state index contributed by atoms with van der Waals surface area (Å²) in [5.74, 6) is 1.28. The maximum Gasteiger partial charge on any atom is 0.194 e.